The molecule has 0 fully saturated rings. The zero-order chi connectivity index (χ0) is 13.9. The number of fused-ring (bicyclic) bond motifs is 1. The minimum Gasteiger partial charge on any atom is -0.271 e. The van der Waals surface area contributed by atoms with Crippen LogP contribution in [0.25, 0.3) is 10.9 Å². The molecule has 0 saturated carbocycles. The molecular weight excluding hydrogens is 246 g/mol. The first-order chi connectivity index (χ1) is 9.79. The lowest BCUT2D eigenvalue weighted by molar-refractivity contribution is 0.622. The molecule has 0 aliphatic heterocycles. The van der Waals surface area contributed by atoms with E-state index in [1.807, 2.05) is 36.4 Å². The third-order valence-electron chi connectivity index (χ3n) is 3.54. The fourth-order valence-electron chi connectivity index (χ4n) is 2.52. The maximum absolute atomic E-state index is 5.74. The standard InChI is InChI=1S/C17H17N3/c1-12-11-16(19-15-10-6-5-9-14(12)15)17(20-18)13-7-3-2-4-8-13/h2-11,17,20H,18H2,1H3. The van der Waals surface area contributed by atoms with Gasteiger partial charge in [0.1, 0.15) is 0 Å². The van der Waals surface area contributed by atoms with E-state index in [0.29, 0.717) is 0 Å². The number of para-hydroxylation sites is 1. The van der Waals surface area contributed by atoms with Crippen LogP contribution in [0.4, 0.5) is 0 Å². The highest BCUT2D eigenvalue weighted by Gasteiger charge is 2.14. The van der Waals surface area contributed by atoms with Crippen molar-refractivity contribution >= 4 is 10.9 Å². The number of hydrogen-bond acceptors (Lipinski definition) is 3. The smallest absolute Gasteiger partial charge is 0.0881 e. The van der Waals surface area contributed by atoms with E-state index in [0.717, 1.165) is 16.8 Å². The van der Waals surface area contributed by atoms with E-state index >= 15 is 0 Å². The summed E-state index contributed by atoms with van der Waals surface area (Å²) in [7, 11) is 0. The summed E-state index contributed by atoms with van der Waals surface area (Å²) in [5, 5.41) is 1.18. The van der Waals surface area contributed by atoms with E-state index in [4.69, 9.17) is 10.8 Å². The van der Waals surface area contributed by atoms with Crippen LogP contribution in [0.15, 0.2) is 60.7 Å². The van der Waals surface area contributed by atoms with Crippen molar-refractivity contribution in [3.05, 3.63) is 77.5 Å². The number of aromatic nitrogens is 1. The highest BCUT2D eigenvalue weighted by Crippen LogP contribution is 2.24. The van der Waals surface area contributed by atoms with Gasteiger partial charge in [0, 0.05) is 5.39 Å². The third kappa shape index (κ3) is 2.29. The molecule has 0 aliphatic rings. The second kappa shape index (κ2) is 5.41. The minimum absolute atomic E-state index is 0.0977. The molecule has 3 rings (SSSR count). The summed E-state index contributed by atoms with van der Waals surface area (Å²) >= 11 is 0. The lowest BCUT2D eigenvalue weighted by Gasteiger charge is -2.17. The van der Waals surface area contributed by atoms with Crippen LogP contribution in [-0.2, 0) is 0 Å². The van der Waals surface area contributed by atoms with Gasteiger partial charge in [-0.25, -0.2) is 5.43 Å². The number of nitrogens with zero attached hydrogens (tertiary/aromatic N) is 1. The number of benzene rings is 2. The molecule has 0 spiro atoms. The van der Waals surface area contributed by atoms with Crippen LogP contribution in [0.2, 0.25) is 0 Å². The van der Waals surface area contributed by atoms with E-state index in [1.165, 1.54) is 10.9 Å². The molecule has 3 aromatic rings. The van der Waals surface area contributed by atoms with Crippen molar-refractivity contribution in [1.82, 2.24) is 10.4 Å². The second-order valence-electron chi connectivity index (χ2n) is 4.89. The van der Waals surface area contributed by atoms with Gasteiger partial charge in [-0.2, -0.15) is 0 Å². The zero-order valence-electron chi connectivity index (χ0n) is 11.4. The van der Waals surface area contributed by atoms with Crippen LogP contribution in [0.1, 0.15) is 22.9 Å². The molecule has 3 N–H and O–H groups in total. The lowest BCUT2D eigenvalue weighted by Crippen LogP contribution is -2.29. The molecule has 3 nitrogen and oxygen atoms in total. The summed E-state index contributed by atoms with van der Waals surface area (Å²) in [6.07, 6.45) is 0. The molecule has 0 radical (unpaired) electrons. The third-order valence-corrected chi connectivity index (χ3v) is 3.54. The van der Waals surface area contributed by atoms with Gasteiger partial charge in [-0.15, -0.1) is 0 Å². The Morgan fingerprint density at radius 2 is 1.70 bits per heavy atom. The Balaban J connectivity index is 2.13. The first-order valence-corrected chi connectivity index (χ1v) is 6.67. The molecule has 1 heterocycles. The van der Waals surface area contributed by atoms with Crippen molar-refractivity contribution in [2.75, 3.05) is 0 Å². The Morgan fingerprint density at radius 3 is 2.45 bits per heavy atom. The van der Waals surface area contributed by atoms with E-state index in [1.54, 1.807) is 0 Å². The van der Waals surface area contributed by atoms with Crippen molar-refractivity contribution < 1.29 is 0 Å². The number of rotatable bonds is 3. The van der Waals surface area contributed by atoms with Crippen LogP contribution in [-0.4, -0.2) is 4.98 Å². The Kier molecular flexibility index (Phi) is 3.46. The van der Waals surface area contributed by atoms with Gasteiger partial charge in [0.15, 0.2) is 0 Å². The van der Waals surface area contributed by atoms with Crippen molar-refractivity contribution in [2.45, 2.75) is 13.0 Å². The predicted octanol–water partition coefficient (Wildman–Crippen LogP) is 3.10. The van der Waals surface area contributed by atoms with E-state index < -0.39 is 0 Å². The van der Waals surface area contributed by atoms with E-state index in [-0.39, 0.29) is 6.04 Å². The van der Waals surface area contributed by atoms with Gasteiger partial charge in [0.05, 0.1) is 17.3 Å². The molecule has 2 aromatic carbocycles. The number of pyridine rings is 1. The largest absolute Gasteiger partial charge is 0.271 e. The summed E-state index contributed by atoms with van der Waals surface area (Å²) < 4.78 is 0. The summed E-state index contributed by atoms with van der Waals surface area (Å²) in [6.45, 7) is 2.10. The van der Waals surface area contributed by atoms with Gasteiger partial charge >= 0.3 is 0 Å². The first-order valence-electron chi connectivity index (χ1n) is 6.67. The molecule has 0 bridgehead atoms. The van der Waals surface area contributed by atoms with Gasteiger partial charge in [0.2, 0.25) is 0 Å². The zero-order valence-corrected chi connectivity index (χ0v) is 11.4. The minimum atomic E-state index is -0.0977. The Bertz CT molecular complexity index is 723. The molecule has 0 aliphatic carbocycles. The highest BCUT2D eigenvalue weighted by atomic mass is 15.2. The molecule has 1 atom stereocenters. The average Bonchev–Trinajstić information content (AvgIpc) is 2.49. The first kappa shape index (κ1) is 12.8. The number of hydrazine groups is 1. The van der Waals surface area contributed by atoms with Crippen LogP contribution >= 0.6 is 0 Å². The summed E-state index contributed by atoms with van der Waals surface area (Å²) in [5.41, 5.74) is 7.12. The van der Waals surface area contributed by atoms with Crippen LogP contribution < -0.4 is 11.3 Å². The number of aryl methyl sites for hydroxylation is 1. The molecule has 20 heavy (non-hydrogen) atoms. The average molecular weight is 263 g/mol. The van der Waals surface area contributed by atoms with E-state index in [2.05, 4.69) is 36.6 Å². The van der Waals surface area contributed by atoms with Gasteiger partial charge in [0.25, 0.3) is 0 Å². The molecule has 3 heteroatoms. The normalized spacial score (nSPS) is 12.5. The number of nitrogens with two attached hydrogens (primary N) is 1. The fourth-order valence-corrected chi connectivity index (χ4v) is 2.52. The van der Waals surface area contributed by atoms with Crippen LogP contribution in [0.3, 0.4) is 0 Å². The summed E-state index contributed by atoms with van der Waals surface area (Å²) in [5.74, 6) is 5.74. The number of nitrogens with one attached hydrogen (secondary N) is 1. The van der Waals surface area contributed by atoms with Gasteiger partial charge in [-0.05, 0) is 30.2 Å². The molecule has 1 aromatic heterocycles. The maximum Gasteiger partial charge on any atom is 0.0881 e. The lowest BCUT2D eigenvalue weighted by atomic mass is 10.0. The van der Waals surface area contributed by atoms with E-state index in [9.17, 15) is 0 Å². The fraction of sp³-hybridized carbons (Fsp3) is 0.118. The monoisotopic (exact) mass is 263 g/mol. The Labute approximate surface area is 118 Å². The number of hydrogen-bond donors (Lipinski definition) is 2. The topological polar surface area (TPSA) is 50.9 Å². The van der Waals surface area contributed by atoms with Gasteiger partial charge < -0.3 is 0 Å². The van der Waals surface area contributed by atoms with Crippen LogP contribution in [0, 0.1) is 6.92 Å². The Hall–Kier alpha value is -2.23. The maximum atomic E-state index is 5.74. The summed E-state index contributed by atoms with van der Waals surface area (Å²) in [6, 6.07) is 20.3. The SMILES string of the molecule is Cc1cc(C(NN)c2ccccc2)nc2ccccc12. The predicted molar refractivity (Wildman–Crippen MR) is 82.1 cm³/mol. The van der Waals surface area contributed by atoms with Crippen LogP contribution in [0.5, 0.6) is 0 Å². The quantitative estimate of drug-likeness (QED) is 0.564. The second-order valence-corrected chi connectivity index (χ2v) is 4.89. The van der Waals surface area contributed by atoms with Gasteiger partial charge in [-0.1, -0.05) is 48.5 Å². The molecule has 1 unspecified atom stereocenters. The van der Waals surface area contributed by atoms with Crippen molar-refractivity contribution in [1.29, 1.82) is 0 Å². The van der Waals surface area contributed by atoms with Crippen molar-refractivity contribution in [3.8, 4) is 0 Å². The Morgan fingerprint density at radius 1 is 1.00 bits per heavy atom. The summed E-state index contributed by atoms with van der Waals surface area (Å²) in [4.78, 5) is 4.74. The molecular formula is C17H17N3. The van der Waals surface area contributed by atoms with Crippen molar-refractivity contribution in [2.24, 2.45) is 5.84 Å². The highest BCUT2D eigenvalue weighted by molar-refractivity contribution is 5.82. The molecule has 0 saturated heterocycles. The van der Waals surface area contributed by atoms with Gasteiger partial charge in [-0.3, -0.25) is 10.8 Å². The van der Waals surface area contributed by atoms with Crippen molar-refractivity contribution in [3.63, 3.8) is 0 Å². The molecule has 0 amide bonds. The molecule has 100 valence electrons.